The lowest BCUT2D eigenvalue weighted by Crippen LogP contribution is -2.56. The Morgan fingerprint density at radius 1 is 0.900 bits per heavy atom. The molecule has 1 aromatic carbocycles. The number of guanidine groups is 1. The van der Waals surface area contributed by atoms with E-state index >= 15 is 0 Å². The van der Waals surface area contributed by atoms with Gasteiger partial charge < -0.3 is 84.1 Å². The van der Waals surface area contributed by atoms with Crippen molar-refractivity contribution in [1.82, 2.24) is 41.4 Å². The SMILES string of the molecule is C/C=C(\NC(=O)N[C@@H](Cc1ccc(O)cc1)C(=O)O)C(=O)NCC(=O)N[C@@H](CCCN=C(N)N)C(=O)N1CCC[C@H]1c1nc(C(=O)N[C@@H](CCC(N)=O)C(=O)OC(CC(=O)O)C2C(OC(=O)CC)CCN2C(=O)[C@@H](N)C(C)C)cs1. The largest absolute Gasteiger partial charge is 0.508 e. The number of likely N-dealkylation sites (tertiary alicyclic amines) is 2. The van der Waals surface area contributed by atoms with Gasteiger partial charge in [-0.25, -0.2) is 19.4 Å². The van der Waals surface area contributed by atoms with E-state index in [9.17, 15) is 68.1 Å². The second-order valence-corrected chi connectivity index (χ2v) is 20.0. The number of amides is 8. The van der Waals surface area contributed by atoms with Crippen LogP contribution in [-0.2, 0) is 59.0 Å². The highest BCUT2D eigenvalue weighted by molar-refractivity contribution is 7.10. The summed E-state index contributed by atoms with van der Waals surface area (Å²) in [6.45, 7) is 5.92. The molecule has 8 atom stereocenters. The smallest absolute Gasteiger partial charge is 0.329 e. The number of carbonyl (C=O) groups is 11. The first-order valence-corrected chi connectivity index (χ1v) is 26.6. The molecular formula is C50H71N13O16S. The number of phenolic OH excluding ortho intramolecular Hbond substituents is 1. The molecule has 3 heterocycles. The van der Waals surface area contributed by atoms with E-state index in [0.29, 0.717) is 23.4 Å². The van der Waals surface area contributed by atoms with Crippen molar-refractivity contribution >= 4 is 82.6 Å². The third-order valence-electron chi connectivity index (χ3n) is 12.9. The molecule has 80 heavy (non-hydrogen) atoms. The van der Waals surface area contributed by atoms with E-state index in [1.165, 1.54) is 59.4 Å². The van der Waals surface area contributed by atoms with E-state index in [1.54, 1.807) is 13.8 Å². The van der Waals surface area contributed by atoms with Crippen LogP contribution in [0.25, 0.3) is 0 Å². The molecule has 2 aliphatic heterocycles. The van der Waals surface area contributed by atoms with Crippen molar-refractivity contribution in [1.29, 1.82) is 0 Å². The van der Waals surface area contributed by atoms with Gasteiger partial charge in [-0.05, 0) is 62.6 Å². The van der Waals surface area contributed by atoms with Gasteiger partial charge >= 0.3 is 29.9 Å². The molecule has 2 aliphatic rings. The standard InChI is InChI=1S/C50H71N13O16S/c1-5-28(60-50(77)61-31(47(74)75)21-26-11-13-27(64)14-12-26)42(70)56-23-37(66)57-29(9-7-18-55-49(53)54)45(72)62-19-8-10-33(62)44-59-32(24-80-44)43(71)58-30(15-16-36(51)65)48(76)79-35(22-38(67)68)41-34(78-39(69)6-2)17-20-63(41)46(73)40(52)25(3)4/h5,11-14,24-25,29-31,33-35,40-41,64H,6-10,15-23,52H2,1-4H3,(H2,51,65)(H,56,70)(H,57,66)(H,58,71)(H,67,68)(H,74,75)(H4,53,54,55)(H2,60,61,77)/b28-5-/t29-,30-,31-,33-,34?,35?,40-,41?/m0/s1. The second kappa shape index (κ2) is 30.7. The highest BCUT2D eigenvalue weighted by atomic mass is 32.1. The number of aromatic hydroxyl groups is 1. The lowest BCUT2D eigenvalue weighted by atomic mass is 9.99. The average Bonchev–Trinajstić information content (AvgIpc) is 4.20. The maximum absolute atomic E-state index is 14.4. The minimum atomic E-state index is -1.64. The van der Waals surface area contributed by atoms with Gasteiger partial charge in [0.1, 0.15) is 58.5 Å². The van der Waals surface area contributed by atoms with Gasteiger partial charge in [0.05, 0.1) is 25.0 Å². The number of ether oxygens (including phenoxy) is 2. The third-order valence-corrected chi connectivity index (χ3v) is 13.8. The number of thiazole rings is 1. The summed E-state index contributed by atoms with van der Waals surface area (Å²) in [5.41, 5.74) is 22.5. The predicted octanol–water partition coefficient (Wildman–Crippen LogP) is -1.28. The maximum atomic E-state index is 14.4. The van der Waals surface area contributed by atoms with Gasteiger partial charge in [-0.15, -0.1) is 11.3 Å². The second-order valence-electron chi connectivity index (χ2n) is 19.1. The first kappa shape index (κ1) is 64.1. The number of benzene rings is 1. The number of carbonyl (C=O) groups excluding carboxylic acids is 9. The van der Waals surface area contributed by atoms with Crippen molar-refractivity contribution in [2.45, 2.75) is 140 Å². The normalized spacial score (nSPS) is 17.9. The van der Waals surface area contributed by atoms with Crippen molar-refractivity contribution in [3.63, 3.8) is 0 Å². The number of hydrogen-bond donors (Lipinski definition) is 12. The molecule has 2 fully saturated rings. The van der Waals surface area contributed by atoms with Gasteiger partial charge in [-0.2, -0.15) is 0 Å². The Kier molecular flexibility index (Phi) is 24.6. The topological polar surface area (TPSA) is 463 Å². The predicted molar refractivity (Wildman–Crippen MR) is 284 cm³/mol. The van der Waals surface area contributed by atoms with Crippen LogP contribution in [0.4, 0.5) is 4.79 Å². The molecule has 3 unspecified atom stereocenters. The van der Waals surface area contributed by atoms with Crippen molar-refractivity contribution in [3.05, 3.63) is 57.7 Å². The molecular weight excluding hydrogens is 1070 g/mol. The molecule has 16 N–H and O–H groups in total. The summed E-state index contributed by atoms with van der Waals surface area (Å²) in [5.74, 6) is -9.97. The zero-order valence-corrected chi connectivity index (χ0v) is 45.5. The first-order valence-electron chi connectivity index (χ1n) is 25.7. The molecule has 0 saturated carbocycles. The molecule has 0 spiro atoms. The third kappa shape index (κ3) is 19.2. The van der Waals surface area contributed by atoms with Gasteiger partial charge in [0, 0.05) is 50.7 Å². The highest BCUT2D eigenvalue weighted by Gasteiger charge is 2.48. The lowest BCUT2D eigenvalue weighted by Gasteiger charge is -2.35. The summed E-state index contributed by atoms with van der Waals surface area (Å²) in [6, 6.07) is -2.70. The maximum Gasteiger partial charge on any atom is 0.329 e. The van der Waals surface area contributed by atoms with E-state index < -0.39 is 140 Å². The minimum Gasteiger partial charge on any atom is -0.508 e. The Bertz CT molecular complexity index is 2640. The fourth-order valence-corrected chi connectivity index (χ4v) is 9.63. The number of urea groups is 1. The average molecular weight is 1140 g/mol. The Hall–Kier alpha value is -8.41. The Labute approximate surface area is 464 Å². The van der Waals surface area contributed by atoms with E-state index in [1.807, 2.05) is 0 Å². The van der Waals surface area contributed by atoms with Gasteiger partial charge in [-0.1, -0.05) is 39.0 Å². The number of esters is 2. The number of phenols is 1. The number of nitrogens with zero attached hydrogens (tertiary/aromatic N) is 4. The molecule has 8 amide bonds. The first-order chi connectivity index (χ1) is 37.8. The van der Waals surface area contributed by atoms with Gasteiger partial charge in [0.2, 0.25) is 23.6 Å². The molecule has 4 rings (SSSR count). The van der Waals surface area contributed by atoms with Crippen LogP contribution >= 0.6 is 11.3 Å². The molecule has 0 bridgehead atoms. The molecule has 438 valence electrons. The zero-order valence-electron chi connectivity index (χ0n) is 44.7. The Balaban J connectivity index is 1.48. The summed E-state index contributed by atoms with van der Waals surface area (Å²) >= 11 is 1.01. The zero-order chi connectivity index (χ0) is 59.4. The summed E-state index contributed by atoms with van der Waals surface area (Å²) < 4.78 is 11.4. The van der Waals surface area contributed by atoms with Crippen molar-refractivity contribution in [2.24, 2.45) is 33.8 Å². The Morgan fingerprint density at radius 2 is 1.60 bits per heavy atom. The van der Waals surface area contributed by atoms with E-state index in [-0.39, 0.29) is 80.8 Å². The van der Waals surface area contributed by atoms with Crippen LogP contribution in [0.2, 0.25) is 0 Å². The van der Waals surface area contributed by atoms with Crippen LogP contribution in [0.1, 0.15) is 113 Å². The number of nitrogens with one attached hydrogen (secondary N) is 5. The fraction of sp³-hybridized carbons (Fsp3) is 0.540. The molecule has 0 aliphatic carbocycles. The number of carboxylic acid groups (broad SMARTS) is 2. The molecule has 2 aromatic rings. The molecule has 2 saturated heterocycles. The number of nitrogens with two attached hydrogens (primary N) is 4. The van der Waals surface area contributed by atoms with Gasteiger partial charge in [-0.3, -0.25) is 43.3 Å². The van der Waals surface area contributed by atoms with E-state index in [4.69, 9.17) is 32.4 Å². The highest BCUT2D eigenvalue weighted by Crippen LogP contribution is 2.35. The van der Waals surface area contributed by atoms with Crippen LogP contribution in [0.3, 0.4) is 0 Å². The number of hydrogen-bond acceptors (Lipinski definition) is 18. The summed E-state index contributed by atoms with van der Waals surface area (Å²) in [6.07, 6.45) is -2.31. The molecule has 30 heteroatoms. The quantitative estimate of drug-likeness (QED) is 0.0148. The number of primary amides is 1. The van der Waals surface area contributed by atoms with Gasteiger partial charge in [0.25, 0.3) is 11.8 Å². The monoisotopic (exact) mass is 1140 g/mol. The number of aliphatic imine (C=N–C) groups is 1. The molecule has 1 aromatic heterocycles. The fourth-order valence-electron chi connectivity index (χ4n) is 8.68. The summed E-state index contributed by atoms with van der Waals surface area (Å²) in [5, 5.41) is 42.8. The van der Waals surface area contributed by atoms with Crippen molar-refractivity contribution < 1.29 is 77.5 Å². The van der Waals surface area contributed by atoms with Crippen LogP contribution < -0.4 is 49.5 Å². The number of aliphatic carboxylic acids is 2. The van der Waals surface area contributed by atoms with Crippen LogP contribution in [0, 0.1) is 5.92 Å². The van der Waals surface area contributed by atoms with Crippen LogP contribution in [0.5, 0.6) is 5.75 Å². The number of allylic oxidation sites excluding steroid dienone is 1. The molecule has 0 radical (unpaired) electrons. The van der Waals surface area contributed by atoms with Crippen LogP contribution in [-0.4, -0.2) is 170 Å². The van der Waals surface area contributed by atoms with E-state index in [0.717, 1.165) is 11.3 Å². The van der Waals surface area contributed by atoms with Crippen molar-refractivity contribution in [2.75, 3.05) is 26.2 Å². The summed E-state index contributed by atoms with van der Waals surface area (Å²) in [4.78, 5) is 155. The summed E-state index contributed by atoms with van der Waals surface area (Å²) in [7, 11) is 0. The van der Waals surface area contributed by atoms with Gasteiger partial charge in [0.15, 0.2) is 5.96 Å². The lowest BCUT2D eigenvalue weighted by molar-refractivity contribution is -0.167. The molecule has 29 nitrogen and oxygen atoms in total. The minimum absolute atomic E-state index is 0.0151. The van der Waals surface area contributed by atoms with E-state index in [2.05, 4.69) is 36.6 Å². The number of carboxylic acids is 2. The van der Waals surface area contributed by atoms with Crippen LogP contribution in [0.15, 0.2) is 46.4 Å². The number of rotatable bonds is 29. The number of aromatic nitrogens is 1. The van der Waals surface area contributed by atoms with Crippen molar-refractivity contribution in [3.8, 4) is 5.75 Å². The Morgan fingerprint density at radius 3 is 2.21 bits per heavy atom.